The van der Waals surface area contributed by atoms with Gasteiger partial charge in [-0.3, -0.25) is 0 Å². The Morgan fingerprint density at radius 3 is 2.53 bits per heavy atom. The van der Waals surface area contributed by atoms with Crippen LogP contribution >= 0.6 is 0 Å². The number of esters is 1. The first-order valence-corrected chi connectivity index (χ1v) is 6.16. The van der Waals surface area contributed by atoms with Crippen molar-refractivity contribution in [2.24, 2.45) is 0 Å². The second-order valence-corrected chi connectivity index (χ2v) is 4.54. The third kappa shape index (κ3) is 2.60. The Morgan fingerprint density at radius 2 is 1.94 bits per heavy atom. The molecular weight excluding hydrogens is 214 g/mol. The number of nitrogens with zero attached hydrogens (tertiary/aromatic N) is 1. The number of hydrogen-bond donors (Lipinski definition) is 0. The Labute approximate surface area is 102 Å². The largest absolute Gasteiger partial charge is 0.465 e. The summed E-state index contributed by atoms with van der Waals surface area (Å²) in [6.45, 7) is 4.30. The fraction of sp³-hybridized carbons (Fsp3) is 0.500. The Kier molecular flexibility index (Phi) is 3.67. The molecule has 0 spiro atoms. The van der Waals surface area contributed by atoms with Crippen LogP contribution in [0, 0.1) is 6.92 Å². The normalized spacial score (nSPS) is 15.8. The Hall–Kier alpha value is -1.51. The predicted octanol–water partition coefficient (Wildman–Crippen LogP) is 2.77. The summed E-state index contributed by atoms with van der Waals surface area (Å²) in [6.07, 6.45) is 3.85. The molecule has 1 aliphatic heterocycles. The van der Waals surface area contributed by atoms with E-state index in [1.54, 1.807) is 0 Å². The van der Waals surface area contributed by atoms with Crippen LogP contribution in [0.5, 0.6) is 0 Å². The number of carbonyl (C=O) groups excluding carboxylic acids is 1. The number of rotatable bonds is 2. The number of ether oxygens (including phenoxy) is 1. The summed E-state index contributed by atoms with van der Waals surface area (Å²) in [5, 5.41) is 0. The van der Waals surface area contributed by atoms with E-state index in [0.29, 0.717) is 5.56 Å². The lowest BCUT2D eigenvalue weighted by Gasteiger charge is -2.30. The molecule has 0 N–H and O–H groups in total. The van der Waals surface area contributed by atoms with Gasteiger partial charge in [0.05, 0.1) is 12.7 Å². The molecule has 0 aromatic heterocycles. The van der Waals surface area contributed by atoms with Gasteiger partial charge < -0.3 is 9.64 Å². The first kappa shape index (κ1) is 12.0. The summed E-state index contributed by atoms with van der Waals surface area (Å²) in [4.78, 5) is 13.8. The van der Waals surface area contributed by atoms with Crippen LogP contribution in [-0.4, -0.2) is 26.2 Å². The maximum atomic E-state index is 11.4. The van der Waals surface area contributed by atoms with Gasteiger partial charge >= 0.3 is 5.97 Å². The highest BCUT2D eigenvalue weighted by molar-refractivity contribution is 5.90. The minimum Gasteiger partial charge on any atom is -0.465 e. The first-order chi connectivity index (χ1) is 8.22. The maximum absolute atomic E-state index is 11.4. The number of benzene rings is 1. The number of carbonyl (C=O) groups is 1. The highest BCUT2D eigenvalue weighted by Gasteiger charge is 2.14. The van der Waals surface area contributed by atoms with Crippen molar-refractivity contribution in [2.45, 2.75) is 26.2 Å². The number of piperidine rings is 1. The van der Waals surface area contributed by atoms with Gasteiger partial charge in [0, 0.05) is 18.8 Å². The van der Waals surface area contributed by atoms with Gasteiger partial charge in [0.25, 0.3) is 0 Å². The summed E-state index contributed by atoms with van der Waals surface area (Å²) in [5.41, 5.74) is 3.03. The third-order valence-corrected chi connectivity index (χ3v) is 3.31. The monoisotopic (exact) mass is 233 g/mol. The fourth-order valence-electron chi connectivity index (χ4n) is 2.39. The molecule has 3 heteroatoms. The molecule has 0 bridgehead atoms. The van der Waals surface area contributed by atoms with Crippen LogP contribution in [-0.2, 0) is 4.74 Å². The van der Waals surface area contributed by atoms with Gasteiger partial charge in [-0.15, -0.1) is 0 Å². The van der Waals surface area contributed by atoms with Gasteiger partial charge in [-0.05, 0) is 49.9 Å². The zero-order valence-electron chi connectivity index (χ0n) is 10.5. The predicted molar refractivity (Wildman–Crippen MR) is 68.6 cm³/mol. The Balaban J connectivity index is 2.21. The van der Waals surface area contributed by atoms with E-state index in [1.807, 2.05) is 18.2 Å². The van der Waals surface area contributed by atoms with Crippen molar-refractivity contribution < 1.29 is 9.53 Å². The smallest absolute Gasteiger partial charge is 0.337 e. The van der Waals surface area contributed by atoms with Crippen molar-refractivity contribution in [2.75, 3.05) is 25.1 Å². The molecule has 0 saturated carbocycles. The molecule has 1 heterocycles. The summed E-state index contributed by atoms with van der Waals surface area (Å²) < 4.78 is 4.72. The van der Waals surface area contributed by atoms with Gasteiger partial charge in [-0.25, -0.2) is 4.79 Å². The lowest BCUT2D eigenvalue weighted by atomic mass is 10.1. The molecule has 1 saturated heterocycles. The molecule has 1 aromatic rings. The minimum absolute atomic E-state index is 0.265. The van der Waals surface area contributed by atoms with E-state index < -0.39 is 0 Å². The van der Waals surface area contributed by atoms with E-state index in [1.165, 1.54) is 32.1 Å². The molecule has 0 aliphatic carbocycles. The van der Waals surface area contributed by atoms with Crippen LogP contribution < -0.4 is 4.90 Å². The second-order valence-electron chi connectivity index (χ2n) is 4.54. The number of methoxy groups -OCH3 is 1. The van der Waals surface area contributed by atoms with E-state index in [0.717, 1.165) is 18.7 Å². The number of anilines is 1. The average Bonchev–Trinajstić information content (AvgIpc) is 2.38. The molecular formula is C14H19NO2. The topological polar surface area (TPSA) is 29.5 Å². The number of aryl methyl sites for hydroxylation is 1. The SMILES string of the molecule is COC(=O)c1ccc(N2CCCCC2)c(C)c1. The zero-order valence-corrected chi connectivity index (χ0v) is 10.5. The Morgan fingerprint density at radius 1 is 1.24 bits per heavy atom. The van der Waals surface area contributed by atoms with Gasteiger partial charge in [-0.1, -0.05) is 0 Å². The van der Waals surface area contributed by atoms with Crippen LogP contribution in [0.1, 0.15) is 35.2 Å². The maximum Gasteiger partial charge on any atom is 0.337 e. The summed E-state index contributed by atoms with van der Waals surface area (Å²) in [5.74, 6) is -0.265. The molecule has 1 aliphatic rings. The molecule has 1 aromatic carbocycles. The molecule has 0 amide bonds. The van der Waals surface area contributed by atoms with E-state index in [4.69, 9.17) is 4.74 Å². The molecule has 1 fully saturated rings. The van der Waals surface area contributed by atoms with Crippen molar-refractivity contribution in [1.29, 1.82) is 0 Å². The molecule has 3 nitrogen and oxygen atoms in total. The summed E-state index contributed by atoms with van der Waals surface area (Å²) >= 11 is 0. The first-order valence-electron chi connectivity index (χ1n) is 6.16. The quantitative estimate of drug-likeness (QED) is 0.736. The van der Waals surface area contributed by atoms with E-state index in [-0.39, 0.29) is 5.97 Å². The van der Waals surface area contributed by atoms with Gasteiger partial charge in [0.15, 0.2) is 0 Å². The van der Waals surface area contributed by atoms with Crippen LogP contribution in [0.15, 0.2) is 18.2 Å². The standard InChI is InChI=1S/C14H19NO2/c1-11-10-12(14(16)17-2)6-7-13(11)15-8-4-3-5-9-15/h6-7,10H,3-5,8-9H2,1-2H3. The van der Waals surface area contributed by atoms with Crippen molar-refractivity contribution in [3.05, 3.63) is 29.3 Å². The fourth-order valence-corrected chi connectivity index (χ4v) is 2.39. The summed E-state index contributed by atoms with van der Waals surface area (Å²) in [6, 6.07) is 5.80. The zero-order chi connectivity index (χ0) is 12.3. The third-order valence-electron chi connectivity index (χ3n) is 3.31. The van der Waals surface area contributed by atoms with Crippen molar-refractivity contribution in [3.8, 4) is 0 Å². The highest BCUT2D eigenvalue weighted by atomic mass is 16.5. The molecule has 17 heavy (non-hydrogen) atoms. The van der Waals surface area contributed by atoms with Crippen LogP contribution in [0.25, 0.3) is 0 Å². The summed E-state index contributed by atoms with van der Waals surface area (Å²) in [7, 11) is 1.41. The van der Waals surface area contributed by atoms with E-state index >= 15 is 0 Å². The van der Waals surface area contributed by atoms with Gasteiger partial charge in [0.2, 0.25) is 0 Å². The van der Waals surface area contributed by atoms with Gasteiger partial charge in [-0.2, -0.15) is 0 Å². The molecule has 92 valence electrons. The number of hydrogen-bond acceptors (Lipinski definition) is 3. The lowest BCUT2D eigenvalue weighted by molar-refractivity contribution is 0.0600. The second kappa shape index (κ2) is 5.21. The van der Waals surface area contributed by atoms with Crippen molar-refractivity contribution in [1.82, 2.24) is 0 Å². The van der Waals surface area contributed by atoms with E-state index in [2.05, 4.69) is 11.8 Å². The molecule has 0 atom stereocenters. The molecule has 0 unspecified atom stereocenters. The minimum atomic E-state index is -0.265. The van der Waals surface area contributed by atoms with Crippen LogP contribution in [0.2, 0.25) is 0 Å². The van der Waals surface area contributed by atoms with Crippen LogP contribution in [0.4, 0.5) is 5.69 Å². The van der Waals surface area contributed by atoms with Gasteiger partial charge in [0.1, 0.15) is 0 Å². The van der Waals surface area contributed by atoms with Crippen molar-refractivity contribution in [3.63, 3.8) is 0 Å². The average molecular weight is 233 g/mol. The molecule has 0 radical (unpaired) electrons. The van der Waals surface area contributed by atoms with Crippen molar-refractivity contribution >= 4 is 11.7 Å². The molecule has 2 rings (SSSR count). The lowest BCUT2D eigenvalue weighted by Crippen LogP contribution is -2.30. The highest BCUT2D eigenvalue weighted by Crippen LogP contribution is 2.24. The van der Waals surface area contributed by atoms with E-state index in [9.17, 15) is 4.79 Å². The Bertz CT molecular complexity index is 409. The van der Waals surface area contributed by atoms with Crippen LogP contribution in [0.3, 0.4) is 0 Å².